The van der Waals surface area contributed by atoms with E-state index in [0.29, 0.717) is 24.4 Å². The van der Waals surface area contributed by atoms with Gasteiger partial charge < -0.3 is 19.7 Å². The summed E-state index contributed by atoms with van der Waals surface area (Å²) in [6.07, 6.45) is 2.00. The van der Waals surface area contributed by atoms with Crippen molar-refractivity contribution in [2.75, 3.05) is 19.6 Å². The van der Waals surface area contributed by atoms with Crippen LogP contribution in [0.25, 0.3) is 0 Å². The normalized spacial score (nSPS) is 17.4. The average Bonchev–Trinajstić information content (AvgIpc) is 2.43. The molecule has 2 amide bonds. The van der Waals surface area contributed by atoms with Crippen molar-refractivity contribution in [3.05, 3.63) is 34.3 Å². The molecule has 2 heterocycles. The maximum atomic E-state index is 12.8. The Bertz CT molecular complexity index is 685. The SMILES string of the molecule is CC(C)(C)OC(=O)N1CCN(C(=O)c2cc[n+]([O-])cc2Cl)C(C)(C)C1. The van der Waals surface area contributed by atoms with Gasteiger partial charge in [0, 0.05) is 25.7 Å². The summed E-state index contributed by atoms with van der Waals surface area (Å²) in [5.74, 6) is -0.264. The monoisotopic (exact) mass is 369 g/mol. The van der Waals surface area contributed by atoms with Gasteiger partial charge in [-0.05, 0) is 34.6 Å². The molecular weight excluding hydrogens is 346 g/mol. The maximum Gasteiger partial charge on any atom is 0.410 e. The molecule has 1 aliphatic heterocycles. The molecule has 138 valence electrons. The van der Waals surface area contributed by atoms with Gasteiger partial charge in [-0.1, -0.05) is 11.6 Å². The Morgan fingerprint density at radius 3 is 2.48 bits per heavy atom. The van der Waals surface area contributed by atoms with E-state index in [1.165, 1.54) is 12.3 Å². The molecule has 0 saturated carbocycles. The van der Waals surface area contributed by atoms with Gasteiger partial charge in [-0.15, -0.1) is 0 Å². The lowest BCUT2D eigenvalue weighted by molar-refractivity contribution is -0.605. The van der Waals surface area contributed by atoms with Crippen LogP contribution in [-0.4, -0.2) is 52.6 Å². The van der Waals surface area contributed by atoms with Crippen LogP contribution >= 0.6 is 11.6 Å². The zero-order valence-electron chi connectivity index (χ0n) is 15.2. The van der Waals surface area contributed by atoms with Crippen molar-refractivity contribution in [3.63, 3.8) is 0 Å². The molecule has 0 N–H and O–H groups in total. The molecule has 1 aliphatic rings. The van der Waals surface area contributed by atoms with Crippen LogP contribution in [0.3, 0.4) is 0 Å². The number of ether oxygens (including phenoxy) is 1. The van der Waals surface area contributed by atoms with Crippen molar-refractivity contribution in [3.8, 4) is 0 Å². The predicted octanol–water partition coefficient (Wildman–Crippen LogP) is 2.44. The van der Waals surface area contributed by atoms with Gasteiger partial charge in [-0.2, -0.15) is 4.73 Å². The molecule has 0 radical (unpaired) electrons. The standard InChI is InChI=1S/C17H24ClN3O4/c1-16(2,3)25-15(23)19-8-9-21(17(4,5)11-19)14(22)12-6-7-20(24)10-13(12)18/h6-7,10H,8-9,11H2,1-5H3. The molecule has 0 aliphatic carbocycles. The Hall–Kier alpha value is -2.02. The lowest BCUT2D eigenvalue weighted by Crippen LogP contribution is -2.62. The van der Waals surface area contributed by atoms with E-state index in [-0.39, 0.29) is 16.5 Å². The largest absolute Gasteiger partial charge is 0.619 e. The first-order chi connectivity index (χ1) is 11.4. The molecule has 0 unspecified atom stereocenters. The summed E-state index contributed by atoms with van der Waals surface area (Å²) in [5, 5.41) is 11.4. The van der Waals surface area contributed by atoms with Gasteiger partial charge in [0.1, 0.15) is 10.6 Å². The second-order valence-corrected chi connectivity index (χ2v) is 8.14. The summed E-state index contributed by atoms with van der Waals surface area (Å²) >= 11 is 6.04. The number of hydrogen-bond donors (Lipinski definition) is 0. The van der Waals surface area contributed by atoms with E-state index >= 15 is 0 Å². The molecule has 1 aromatic heterocycles. The predicted molar refractivity (Wildman–Crippen MR) is 93.3 cm³/mol. The van der Waals surface area contributed by atoms with Gasteiger partial charge in [0.25, 0.3) is 5.91 Å². The highest BCUT2D eigenvalue weighted by molar-refractivity contribution is 6.33. The van der Waals surface area contributed by atoms with E-state index in [2.05, 4.69) is 0 Å². The van der Waals surface area contributed by atoms with E-state index in [1.807, 2.05) is 34.6 Å². The second kappa shape index (κ2) is 6.71. The minimum atomic E-state index is -0.598. The summed E-state index contributed by atoms with van der Waals surface area (Å²) in [6, 6.07) is 1.41. The summed E-state index contributed by atoms with van der Waals surface area (Å²) in [4.78, 5) is 28.4. The van der Waals surface area contributed by atoms with Gasteiger partial charge in [-0.3, -0.25) is 4.79 Å². The first-order valence-electron chi connectivity index (χ1n) is 8.09. The molecule has 25 heavy (non-hydrogen) atoms. The fraction of sp³-hybridized carbons (Fsp3) is 0.588. The van der Waals surface area contributed by atoms with Gasteiger partial charge in [-0.25, -0.2) is 4.79 Å². The lowest BCUT2D eigenvalue weighted by atomic mass is 9.97. The van der Waals surface area contributed by atoms with Crippen LogP contribution < -0.4 is 4.73 Å². The number of nitrogens with zero attached hydrogens (tertiary/aromatic N) is 3. The topological polar surface area (TPSA) is 76.8 Å². The second-order valence-electron chi connectivity index (χ2n) is 7.74. The highest BCUT2D eigenvalue weighted by atomic mass is 35.5. The van der Waals surface area contributed by atoms with Crippen molar-refractivity contribution in [2.24, 2.45) is 0 Å². The number of carbonyl (C=O) groups is 2. The van der Waals surface area contributed by atoms with Gasteiger partial charge in [0.05, 0.1) is 11.1 Å². The molecule has 7 nitrogen and oxygen atoms in total. The van der Waals surface area contributed by atoms with Crippen LogP contribution in [0.2, 0.25) is 5.02 Å². The van der Waals surface area contributed by atoms with Gasteiger partial charge in [0.15, 0.2) is 12.4 Å². The lowest BCUT2D eigenvalue weighted by Gasteiger charge is -2.47. The zero-order valence-corrected chi connectivity index (χ0v) is 16.0. The van der Waals surface area contributed by atoms with Crippen molar-refractivity contribution in [1.29, 1.82) is 0 Å². The number of hydrogen-bond acceptors (Lipinski definition) is 4. The molecule has 8 heteroatoms. The van der Waals surface area contributed by atoms with E-state index in [9.17, 15) is 14.8 Å². The molecule has 1 aromatic rings. The minimum absolute atomic E-state index is 0.105. The Labute approximate surface area is 152 Å². The van der Waals surface area contributed by atoms with Crippen LogP contribution in [0.5, 0.6) is 0 Å². The van der Waals surface area contributed by atoms with Gasteiger partial charge in [0.2, 0.25) is 0 Å². The van der Waals surface area contributed by atoms with Crippen molar-refractivity contribution >= 4 is 23.6 Å². The summed E-state index contributed by atoms with van der Waals surface area (Å²) < 4.78 is 5.95. The molecule has 1 fully saturated rings. The average molecular weight is 370 g/mol. The van der Waals surface area contributed by atoms with Crippen LogP contribution in [0.4, 0.5) is 4.79 Å². The number of piperazine rings is 1. The number of aromatic nitrogens is 1. The fourth-order valence-electron chi connectivity index (χ4n) is 2.78. The minimum Gasteiger partial charge on any atom is -0.619 e. The number of halogens is 1. The Morgan fingerprint density at radius 1 is 1.32 bits per heavy atom. The zero-order chi connectivity index (χ0) is 19.0. The van der Waals surface area contributed by atoms with E-state index in [1.54, 1.807) is 9.80 Å². The maximum absolute atomic E-state index is 12.8. The highest BCUT2D eigenvalue weighted by Crippen LogP contribution is 2.26. The first-order valence-corrected chi connectivity index (χ1v) is 8.47. The van der Waals surface area contributed by atoms with E-state index < -0.39 is 17.2 Å². The number of rotatable bonds is 1. The molecule has 0 spiro atoms. The summed E-state index contributed by atoms with van der Waals surface area (Å²) in [6.45, 7) is 10.3. The van der Waals surface area contributed by atoms with Crippen LogP contribution in [0.1, 0.15) is 45.0 Å². The third-order valence-corrected chi connectivity index (χ3v) is 4.22. The van der Waals surface area contributed by atoms with Crippen molar-refractivity contribution in [2.45, 2.75) is 45.8 Å². The fourth-order valence-corrected chi connectivity index (χ4v) is 3.02. The third kappa shape index (κ3) is 4.54. The molecule has 2 rings (SSSR count). The number of carbonyl (C=O) groups excluding carboxylic acids is 2. The molecule has 0 atom stereocenters. The molecule has 1 saturated heterocycles. The smallest absolute Gasteiger partial charge is 0.410 e. The summed E-state index contributed by atoms with van der Waals surface area (Å²) in [5.41, 5.74) is -0.897. The quantitative estimate of drug-likeness (QED) is 0.562. The third-order valence-electron chi connectivity index (χ3n) is 3.92. The molecule has 0 aromatic carbocycles. The molecule has 0 bridgehead atoms. The summed E-state index contributed by atoms with van der Waals surface area (Å²) in [7, 11) is 0. The Morgan fingerprint density at radius 2 is 1.96 bits per heavy atom. The van der Waals surface area contributed by atoms with Crippen LogP contribution in [0.15, 0.2) is 18.5 Å². The molecular formula is C17H24ClN3O4. The Kier molecular flexibility index (Phi) is 5.18. The van der Waals surface area contributed by atoms with Crippen molar-refractivity contribution in [1.82, 2.24) is 9.80 Å². The number of pyridine rings is 1. The van der Waals surface area contributed by atoms with Crippen molar-refractivity contribution < 1.29 is 19.1 Å². The van der Waals surface area contributed by atoms with Gasteiger partial charge >= 0.3 is 6.09 Å². The number of amides is 2. The Balaban J connectivity index is 2.15. The van der Waals surface area contributed by atoms with Crippen LogP contribution in [0, 0.1) is 5.21 Å². The highest BCUT2D eigenvalue weighted by Gasteiger charge is 2.40. The van der Waals surface area contributed by atoms with Crippen LogP contribution in [-0.2, 0) is 4.74 Å². The van der Waals surface area contributed by atoms with E-state index in [0.717, 1.165) is 6.20 Å². The van der Waals surface area contributed by atoms with E-state index in [4.69, 9.17) is 16.3 Å². The first kappa shape index (κ1) is 19.3.